The highest BCUT2D eigenvalue weighted by Crippen LogP contribution is 2.37. The minimum Gasteiger partial charge on any atom is -0.480 e. The maximum Gasteiger partial charge on any atom is 0.323 e. The molecule has 0 aromatic carbocycles. The van der Waals surface area contributed by atoms with Gasteiger partial charge in [0.05, 0.1) is 6.61 Å². The lowest BCUT2D eigenvalue weighted by Gasteiger charge is -2.44. The summed E-state index contributed by atoms with van der Waals surface area (Å²) in [5.41, 5.74) is 3.34. The summed E-state index contributed by atoms with van der Waals surface area (Å²) in [6, 6.07) is 7.20. The Morgan fingerprint density at radius 3 is 2.81 bits per heavy atom. The number of aryl methyl sites for hydroxylation is 2. The first-order valence-corrected chi connectivity index (χ1v) is 11.5. The van der Waals surface area contributed by atoms with Gasteiger partial charge in [-0.2, -0.15) is 5.06 Å². The molecule has 4 rings (SSSR count). The third-order valence-electron chi connectivity index (χ3n) is 6.46. The number of nitrogens with one attached hydrogen (secondary N) is 1. The molecular weight excluding hydrogens is 408 g/mol. The van der Waals surface area contributed by atoms with Gasteiger partial charge in [0.25, 0.3) is 0 Å². The quantitative estimate of drug-likeness (QED) is 0.458. The van der Waals surface area contributed by atoms with Gasteiger partial charge in [-0.1, -0.05) is 6.07 Å². The van der Waals surface area contributed by atoms with Crippen molar-refractivity contribution in [3.05, 3.63) is 53.5 Å². The lowest BCUT2D eigenvalue weighted by atomic mass is 9.76. The Bertz CT molecular complexity index is 889. The number of anilines is 1. The molecule has 1 atom stereocenters. The second-order valence-corrected chi connectivity index (χ2v) is 8.73. The van der Waals surface area contributed by atoms with Gasteiger partial charge >= 0.3 is 5.97 Å². The van der Waals surface area contributed by atoms with Crippen molar-refractivity contribution in [2.75, 3.05) is 18.5 Å². The van der Waals surface area contributed by atoms with Crippen molar-refractivity contribution in [3.8, 4) is 0 Å². The first-order chi connectivity index (χ1) is 15.6. The van der Waals surface area contributed by atoms with E-state index in [4.69, 9.17) is 9.82 Å². The minimum atomic E-state index is -0.969. The zero-order valence-corrected chi connectivity index (χ0v) is 18.3. The summed E-state index contributed by atoms with van der Waals surface area (Å²) in [4.78, 5) is 26.6. The molecule has 1 fully saturated rings. The number of aliphatic carboxylic acids is 1. The van der Waals surface area contributed by atoms with E-state index >= 15 is 0 Å². The monoisotopic (exact) mass is 440 g/mol. The fourth-order valence-electron chi connectivity index (χ4n) is 4.56. The van der Waals surface area contributed by atoms with Crippen LogP contribution < -0.4 is 5.32 Å². The van der Waals surface area contributed by atoms with E-state index in [0.717, 1.165) is 62.1 Å². The van der Waals surface area contributed by atoms with Crippen LogP contribution in [0.25, 0.3) is 0 Å². The molecule has 3 N–H and O–H groups in total. The number of carbonyl (C=O) groups is 1. The Kier molecular flexibility index (Phi) is 7.68. The third kappa shape index (κ3) is 5.62. The van der Waals surface area contributed by atoms with E-state index < -0.39 is 12.0 Å². The Balaban J connectivity index is 1.32. The van der Waals surface area contributed by atoms with Crippen LogP contribution in [-0.4, -0.2) is 56.4 Å². The molecule has 8 heteroatoms. The van der Waals surface area contributed by atoms with Gasteiger partial charge in [0, 0.05) is 37.3 Å². The van der Waals surface area contributed by atoms with Crippen LogP contribution >= 0.6 is 0 Å². The zero-order chi connectivity index (χ0) is 22.3. The summed E-state index contributed by atoms with van der Waals surface area (Å²) in [5, 5.41) is 24.1. The molecule has 0 bridgehead atoms. The van der Waals surface area contributed by atoms with Crippen LogP contribution in [0.5, 0.6) is 0 Å². The number of nitrogens with zero attached hydrogens (tertiary/aromatic N) is 3. The number of aliphatic hydroxyl groups is 1. The predicted molar refractivity (Wildman–Crippen MR) is 120 cm³/mol. The molecule has 2 aromatic rings. The highest BCUT2D eigenvalue weighted by atomic mass is 16.7. The standard InChI is InChI=1S/C24H32N4O4/c29-13-9-22(24(30)31)28(32-16-17-7-11-25-12-8-17)21-14-18(15-21)3-5-20-6-4-19-2-1-10-26-23(19)27-20/h4,6-8,11-12,18,21-22,29H,1-3,5,9-10,13-16H2,(H,26,27)(H,30,31)/t18?,21?,22-/m1/s1. The summed E-state index contributed by atoms with van der Waals surface area (Å²) in [7, 11) is 0. The zero-order valence-electron chi connectivity index (χ0n) is 18.3. The molecule has 0 amide bonds. The van der Waals surface area contributed by atoms with Gasteiger partial charge < -0.3 is 15.5 Å². The molecular formula is C24H32N4O4. The molecule has 0 radical (unpaired) electrons. The highest BCUT2D eigenvalue weighted by molar-refractivity contribution is 5.73. The summed E-state index contributed by atoms with van der Waals surface area (Å²) in [6.07, 6.45) is 9.48. The molecule has 0 unspecified atom stereocenters. The molecule has 1 saturated carbocycles. The predicted octanol–water partition coefficient (Wildman–Crippen LogP) is 2.82. The normalized spacial score (nSPS) is 20.8. The Morgan fingerprint density at radius 2 is 2.06 bits per heavy atom. The van der Waals surface area contributed by atoms with E-state index in [1.807, 2.05) is 12.1 Å². The van der Waals surface area contributed by atoms with Crippen molar-refractivity contribution in [1.82, 2.24) is 15.0 Å². The fourth-order valence-corrected chi connectivity index (χ4v) is 4.56. The van der Waals surface area contributed by atoms with Crippen molar-refractivity contribution < 1.29 is 19.8 Å². The summed E-state index contributed by atoms with van der Waals surface area (Å²) in [5.74, 6) is 0.577. The van der Waals surface area contributed by atoms with Crippen LogP contribution in [0, 0.1) is 5.92 Å². The average molecular weight is 441 g/mol. The number of hydrogen-bond acceptors (Lipinski definition) is 7. The molecule has 172 valence electrons. The van der Waals surface area contributed by atoms with Crippen LogP contribution in [0.15, 0.2) is 36.7 Å². The van der Waals surface area contributed by atoms with Crippen molar-refractivity contribution in [2.45, 2.75) is 63.6 Å². The number of fused-ring (bicyclic) bond motifs is 1. The van der Waals surface area contributed by atoms with E-state index in [9.17, 15) is 15.0 Å². The number of hydroxylamine groups is 2. The minimum absolute atomic E-state index is 0.0349. The smallest absolute Gasteiger partial charge is 0.323 e. The van der Waals surface area contributed by atoms with Gasteiger partial charge in [-0.15, -0.1) is 0 Å². The van der Waals surface area contributed by atoms with Crippen LogP contribution in [0.1, 0.15) is 48.9 Å². The molecule has 0 spiro atoms. The first-order valence-electron chi connectivity index (χ1n) is 11.5. The molecule has 3 heterocycles. The lowest BCUT2D eigenvalue weighted by Crippen LogP contribution is -2.52. The summed E-state index contributed by atoms with van der Waals surface area (Å²) in [6.45, 7) is 1.08. The van der Waals surface area contributed by atoms with Gasteiger partial charge in [0.15, 0.2) is 0 Å². The van der Waals surface area contributed by atoms with Crippen LogP contribution in [0.4, 0.5) is 5.82 Å². The fraction of sp³-hybridized carbons (Fsp3) is 0.542. The molecule has 1 aliphatic carbocycles. The average Bonchev–Trinajstić information content (AvgIpc) is 2.79. The van der Waals surface area contributed by atoms with Crippen LogP contribution in [0.3, 0.4) is 0 Å². The van der Waals surface area contributed by atoms with Gasteiger partial charge in [-0.3, -0.25) is 14.6 Å². The van der Waals surface area contributed by atoms with Crippen molar-refractivity contribution in [1.29, 1.82) is 0 Å². The van der Waals surface area contributed by atoms with Crippen LogP contribution in [-0.2, 0) is 29.1 Å². The van der Waals surface area contributed by atoms with E-state index in [-0.39, 0.29) is 25.7 Å². The van der Waals surface area contributed by atoms with E-state index in [1.165, 1.54) is 5.56 Å². The van der Waals surface area contributed by atoms with Crippen molar-refractivity contribution >= 4 is 11.8 Å². The van der Waals surface area contributed by atoms with Crippen molar-refractivity contribution in [3.63, 3.8) is 0 Å². The Hall–Kier alpha value is -2.55. The number of carboxylic acid groups (broad SMARTS) is 1. The van der Waals surface area contributed by atoms with E-state index in [0.29, 0.717) is 5.92 Å². The maximum atomic E-state index is 11.8. The first kappa shape index (κ1) is 22.6. The molecule has 2 aromatic heterocycles. The number of hydrogen-bond donors (Lipinski definition) is 3. The lowest BCUT2D eigenvalue weighted by molar-refractivity contribution is -0.246. The molecule has 1 aliphatic heterocycles. The van der Waals surface area contributed by atoms with Gasteiger partial charge in [-0.05, 0) is 80.2 Å². The number of aromatic nitrogens is 2. The Labute approximate surface area is 188 Å². The van der Waals surface area contributed by atoms with E-state index in [1.54, 1.807) is 17.5 Å². The number of rotatable bonds is 11. The van der Waals surface area contributed by atoms with E-state index in [2.05, 4.69) is 22.4 Å². The molecule has 2 aliphatic rings. The SMILES string of the molecule is O=C(O)[C@@H](CCO)N(OCc1ccncc1)C1CC(CCc2ccc3c(n2)NCCC3)C1. The molecule has 32 heavy (non-hydrogen) atoms. The number of pyridine rings is 2. The highest BCUT2D eigenvalue weighted by Gasteiger charge is 2.40. The topological polar surface area (TPSA) is 108 Å². The number of aliphatic hydroxyl groups excluding tert-OH is 1. The van der Waals surface area contributed by atoms with Crippen molar-refractivity contribution in [2.24, 2.45) is 5.92 Å². The van der Waals surface area contributed by atoms with Gasteiger partial charge in [0.2, 0.25) is 0 Å². The molecule has 0 saturated heterocycles. The third-order valence-corrected chi connectivity index (χ3v) is 6.46. The second kappa shape index (κ2) is 10.8. The van der Waals surface area contributed by atoms with Gasteiger partial charge in [0.1, 0.15) is 11.9 Å². The second-order valence-electron chi connectivity index (χ2n) is 8.73. The maximum absolute atomic E-state index is 11.8. The summed E-state index contributed by atoms with van der Waals surface area (Å²) < 4.78 is 0. The van der Waals surface area contributed by atoms with Crippen LogP contribution in [0.2, 0.25) is 0 Å². The number of carboxylic acids is 1. The molecule has 8 nitrogen and oxygen atoms in total. The summed E-state index contributed by atoms with van der Waals surface area (Å²) >= 11 is 0. The largest absolute Gasteiger partial charge is 0.480 e. The Morgan fingerprint density at radius 1 is 1.25 bits per heavy atom. The van der Waals surface area contributed by atoms with Gasteiger partial charge in [-0.25, -0.2) is 4.98 Å².